The quantitative estimate of drug-likeness (QED) is 0.0416. The van der Waals surface area contributed by atoms with E-state index in [9.17, 15) is 69.3 Å². The summed E-state index contributed by atoms with van der Waals surface area (Å²) in [6.07, 6.45) is 6.22. The zero-order valence-corrected chi connectivity index (χ0v) is 52.6. The molecule has 0 aliphatic heterocycles. The van der Waals surface area contributed by atoms with Crippen molar-refractivity contribution >= 4 is 47.4 Å². The van der Waals surface area contributed by atoms with Gasteiger partial charge in [0.05, 0.1) is 50.8 Å². The lowest BCUT2D eigenvalue weighted by Gasteiger charge is -2.23. The Morgan fingerprint density at radius 3 is 0.720 bits per heavy atom. The van der Waals surface area contributed by atoms with Crippen molar-refractivity contribution in [1.82, 2.24) is 28.7 Å². The first kappa shape index (κ1) is 65.6. The van der Waals surface area contributed by atoms with Crippen LogP contribution in [0.3, 0.4) is 0 Å². The molecule has 0 amide bonds. The van der Waals surface area contributed by atoms with Crippen molar-refractivity contribution in [1.29, 1.82) is 0 Å². The average Bonchev–Trinajstić information content (AvgIpc) is 1.18. The number of hydrogen-bond acceptors (Lipinski definition) is 21. The van der Waals surface area contributed by atoms with Crippen LogP contribution in [0.4, 0.5) is 17.1 Å². The summed E-state index contributed by atoms with van der Waals surface area (Å²) < 4.78 is 156. The normalized spacial score (nSPS) is 12.7. The molecule has 1 aliphatic rings. The molecule has 3 N–H and O–H groups in total. The first-order valence-electron chi connectivity index (χ1n) is 27.7. The maximum atomic E-state index is 13.5. The molecule has 0 saturated heterocycles. The van der Waals surface area contributed by atoms with Crippen LogP contribution in [0.15, 0.2) is 125 Å². The second-order valence-corrected chi connectivity index (χ2v) is 25.9. The third-order valence-corrected chi connectivity index (χ3v) is 18.0. The first-order valence-corrected chi connectivity index (χ1v) is 32.0. The van der Waals surface area contributed by atoms with Crippen LogP contribution >= 0.6 is 0 Å². The number of nitro groups is 3. The number of imidazole rings is 3. The van der Waals surface area contributed by atoms with Crippen molar-refractivity contribution in [3.63, 3.8) is 0 Å². The Morgan fingerprint density at radius 1 is 0.376 bits per heavy atom. The Balaban J connectivity index is 1.33. The topological polar surface area (TPSA) is 401 Å². The van der Waals surface area contributed by atoms with Crippen molar-refractivity contribution in [3.8, 4) is 34.5 Å². The van der Waals surface area contributed by atoms with Gasteiger partial charge in [-0.3, -0.25) is 44.0 Å². The number of hydrogen-bond donors (Lipinski definition) is 3. The predicted octanol–water partition coefficient (Wildman–Crippen LogP) is 7.97. The average molecular weight is 1340 g/mol. The van der Waals surface area contributed by atoms with Crippen LogP contribution in [0.5, 0.6) is 34.5 Å². The summed E-state index contributed by atoms with van der Waals surface area (Å²) >= 11 is 0. The van der Waals surface area contributed by atoms with E-state index in [0.717, 1.165) is 72.8 Å². The second kappa shape index (κ2) is 26.1. The standard InChI is InChI=1S/C60H57N9O21S3/c1-64-10-7-61-52(64)31-88-58-40-13-34-19-46(67(70)71)21-36(55(34)85-4)15-42-27-50(92(79,80)81)29-44(59(42)89-32-53-62-8-11-65(53)2)17-38-23-48(69(74)75)24-39(57(38)87-6)18-45-30-51(93(82,83)84)28-43(60(45)90-33-54-63-9-12-66(54)3)16-37-22-47(68(72)73)20-35(56(37)86-5)14-41(58)26-49(25-40)91(76,77)78/h7-12,19-30H,13-18,31-33H2,1-6H3,(H,76,77,78)(H,79,80,81)(H,82,83,84). The Labute approximate surface area is 530 Å². The summed E-state index contributed by atoms with van der Waals surface area (Å²) in [6, 6.07) is 13.1. The molecule has 12 bridgehead atoms. The van der Waals surface area contributed by atoms with E-state index in [4.69, 9.17) is 28.4 Å². The predicted molar refractivity (Wildman–Crippen MR) is 327 cm³/mol. The molecular weight excluding hydrogens is 1280 g/mol. The van der Waals surface area contributed by atoms with E-state index in [1.165, 1.54) is 39.9 Å². The van der Waals surface area contributed by atoms with Crippen LogP contribution in [-0.2, 0) is 110 Å². The maximum Gasteiger partial charge on any atom is 0.294 e. The van der Waals surface area contributed by atoms with Crippen molar-refractivity contribution in [2.45, 2.75) is 73.0 Å². The number of nitro benzene ring substituents is 3. The molecule has 33 heteroatoms. The van der Waals surface area contributed by atoms with Gasteiger partial charge in [0.15, 0.2) is 0 Å². The Hall–Kier alpha value is -10.3. The van der Waals surface area contributed by atoms with Crippen LogP contribution in [0.25, 0.3) is 0 Å². The third-order valence-electron chi connectivity index (χ3n) is 15.6. The highest BCUT2D eigenvalue weighted by Gasteiger charge is 2.31. The zero-order chi connectivity index (χ0) is 67.0. The SMILES string of the molecule is COc1c2cc([N+](=O)[O-])cc1Cc1cc(S(=O)(=O)O)cc(c1OCc1nccn1C)Cc1cc([N+](=O)[O-])cc(c1OC)Cc1cc(S(=O)(=O)O)cc(c1OCc1nccn1C)Cc1cc([N+](=O)[O-])cc(c1OC)Cc1cc(S(=O)(=O)O)cc(c1OCc1nccn1C)C2. The maximum absolute atomic E-state index is 13.5. The highest BCUT2D eigenvalue weighted by atomic mass is 32.2. The second-order valence-electron chi connectivity index (χ2n) is 21.6. The first-order chi connectivity index (χ1) is 44.0. The van der Waals surface area contributed by atoms with Gasteiger partial charge >= 0.3 is 0 Å². The number of aromatic nitrogens is 6. The summed E-state index contributed by atoms with van der Waals surface area (Å²) in [5.74, 6) is 0.391. The molecule has 10 rings (SSSR count). The van der Waals surface area contributed by atoms with Gasteiger partial charge in [-0.15, -0.1) is 0 Å². The Morgan fingerprint density at radius 2 is 0.570 bits per heavy atom. The smallest absolute Gasteiger partial charge is 0.294 e. The Kier molecular flexibility index (Phi) is 18.4. The van der Waals surface area contributed by atoms with Gasteiger partial charge in [-0.05, 0) is 36.4 Å². The highest BCUT2D eigenvalue weighted by Crippen LogP contribution is 2.45. The molecule has 486 valence electrons. The molecule has 0 fully saturated rings. The molecular formula is C60H57N9O21S3. The van der Waals surface area contributed by atoms with Crippen LogP contribution in [0.1, 0.15) is 84.2 Å². The number of fused-ring (bicyclic) bond motifs is 12. The molecule has 0 atom stereocenters. The van der Waals surface area contributed by atoms with E-state index >= 15 is 0 Å². The summed E-state index contributed by atoms with van der Waals surface area (Å²) in [4.78, 5) is 48.0. The minimum atomic E-state index is -5.19. The lowest BCUT2D eigenvalue weighted by molar-refractivity contribution is -0.385. The zero-order valence-electron chi connectivity index (χ0n) is 50.2. The molecule has 0 radical (unpaired) electrons. The van der Waals surface area contributed by atoms with Gasteiger partial charge in [0.2, 0.25) is 0 Å². The van der Waals surface area contributed by atoms with Crippen molar-refractivity contribution in [3.05, 3.63) is 225 Å². The monoisotopic (exact) mass is 1340 g/mol. The van der Waals surface area contributed by atoms with E-state index in [-0.39, 0.29) is 121 Å². The molecule has 6 aromatic carbocycles. The fraction of sp³-hybridized carbons (Fsp3) is 0.250. The number of benzene rings is 6. The van der Waals surface area contributed by atoms with E-state index in [2.05, 4.69) is 15.0 Å². The number of nitrogens with zero attached hydrogens (tertiary/aromatic N) is 9. The van der Waals surface area contributed by atoms with Gasteiger partial charge in [0.25, 0.3) is 47.4 Å². The largest absolute Gasteiger partial charge is 0.496 e. The van der Waals surface area contributed by atoms with E-state index in [0.29, 0.717) is 17.5 Å². The van der Waals surface area contributed by atoms with E-state index in [1.54, 1.807) is 53.4 Å². The van der Waals surface area contributed by atoms with Gasteiger partial charge in [0.1, 0.15) is 71.8 Å². The number of aryl methyl sites for hydroxylation is 3. The fourth-order valence-electron chi connectivity index (χ4n) is 11.3. The molecule has 0 unspecified atom stereocenters. The minimum absolute atomic E-state index is 0.0189. The minimum Gasteiger partial charge on any atom is -0.496 e. The molecule has 93 heavy (non-hydrogen) atoms. The lowest BCUT2D eigenvalue weighted by atomic mass is 9.90. The molecule has 0 saturated carbocycles. The van der Waals surface area contributed by atoms with E-state index in [1.807, 2.05) is 0 Å². The summed E-state index contributed by atoms with van der Waals surface area (Å²) in [7, 11) is -6.88. The number of methoxy groups -OCH3 is 3. The number of rotatable bonds is 18. The lowest BCUT2D eigenvalue weighted by Crippen LogP contribution is -2.12. The summed E-state index contributed by atoms with van der Waals surface area (Å²) in [5.41, 5.74) is -2.21. The van der Waals surface area contributed by atoms with E-state index < -0.39 is 115 Å². The van der Waals surface area contributed by atoms with Crippen LogP contribution in [0.2, 0.25) is 0 Å². The fourth-order valence-corrected chi connectivity index (χ4v) is 13.1. The van der Waals surface area contributed by atoms with Gasteiger partial charge < -0.3 is 42.1 Å². The number of non-ortho nitro benzene ring substituents is 3. The van der Waals surface area contributed by atoms with Gasteiger partial charge in [-0.1, -0.05) is 0 Å². The molecule has 3 aromatic heterocycles. The molecule has 3 heterocycles. The Bertz CT molecular complexity index is 4230. The molecule has 1 aliphatic carbocycles. The van der Waals surface area contributed by atoms with Crippen molar-refractivity contribution in [2.24, 2.45) is 21.1 Å². The highest BCUT2D eigenvalue weighted by molar-refractivity contribution is 7.86. The van der Waals surface area contributed by atoms with Crippen LogP contribution in [0, 0.1) is 30.3 Å². The van der Waals surface area contributed by atoms with Crippen LogP contribution < -0.4 is 28.4 Å². The molecule has 30 nitrogen and oxygen atoms in total. The third kappa shape index (κ3) is 14.3. The van der Waals surface area contributed by atoms with Gasteiger partial charge in [0, 0.05) is 200 Å². The molecule has 0 spiro atoms. The summed E-state index contributed by atoms with van der Waals surface area (Å²) in [6.45, 7) is -0.979. The summed E-state index contributed by atoms with van der Waals surface area (Å²) in [5, 5.41) is 39.3. The van der Waals surface area contributed by atoms with Crippen molar-refractivity contribution in [2.75, 3.05) is 21.3 Å². The van der Waals surface area contributed by atoms with Crippen molar-refractivity contribution < 1.29 is 82.1 Å². The van der Waals surface area contributed by atoms with Crippen LogP contribution in [-0.4, -0.2) is 104 Å². The molecule has 9 aromatic rings. The number of ether oxygens (including phenoxy) is 6. The van der Waals surface area contributed by atoms with Gasteiger partial charge in [-0.2, -0.15) is 25.3 Å². The van der Waals surface area contributed by atoms with Gasteiger partial charge in [-0.25, -0.2) is 15.0 Å².